The Bertz CT molecular complexity index is 659. The summed E-state index contributed by atoms with van der Waals surface area (Å²) < 4.78 is 5.92. The number of hydrogen-bond donors (Lipinski definition) is 0. The van der Waals surface area contributed by atoms with Gasteiger partial charge in [-0.1, -0.05) is 64.6 Å². The van der Waals surface area contributed by atoms with Gasteiger partial charge in [0.05, 0.1) is 10.1 Å². The lowest BCUT2D eigenvalue weighted by atomic mass is 9.80. The molecular formula is C16H12Cl4OS. The molecule has 0 amide bonds. The van der Waals surface area contributed by atoms with E-state index in [9.17, 15) is 0 Å². The van der Waals surface area contributed by atoms with Crippen molar-refractivity contribution in [3.8, 4) is 0 Å². The van der Waals surface area contributed by atoms with Crippen molar-refractivity contribution in [2.45, 2.75) is 26.7 Å². The van der Waals surface area contributed by atoms with Gasteiger partial charge in [0.15, 0.2) is 10.1 Å². The summed E-state index contributed by atoms with van der Waals surface area (Å²) in [6.45, 7) is 0. The Hall–Kier alpha value is 0.430. The van der Waals surface area contributed by atoms with E-state index in [1.807, 2.05) is 17.8 Å². The average Bonchev–Trinajstić information content (AvgIpc) is 3.16. The first-order valence-corrected chi connectivity index (χ1v) is 9.72. The molecule has 0 spiro atoms. The van der Waals surface area contributed by atoms with E-state index >= 15 is 0 Å². The molecule has 1 aromatic carbocycles. The largest absolute Gasteiger partial charge is 0.327 e. The molecule has 6 heteroatoms. The van der Waals surface area contributed by atoms with E-state index in [1.54, 1.807) is 0 Å². The van der Waals surface area contributed by atoms with Crippen LogP contribution in [0, 0.1) is 23.7 Å². The van der Waals surface area contributed by atoms with Gasteiger partial charge in [0.1, 0.15) is 0 Å². The number of alkyl halides is 2. The van der Waals surface area contributed by atoms with Crippen molar-refractivity contribution in [3.05, 3.63) is 40.4 Å². The van der Waals surface area contributed by atoms with Crippen LogP contribution in [0.3, 0.4) is 0 Å². The van der Waals surface area contributed by atoms with E-state index in [1.165, 1.54) is 4.90 Å². The zero-order valence-corrected chi connectivity index (χ0v) is 15.1. The van der Waals surface area contributed by atoms with Crippen molar-refractivity contribution in [1.29, 1.82) is 0 Å². The molecule has 7 atom stereocenters. The van der Waals surface area contributed by atoms with Gasteiger partial charge >= 0.3 is 0 Å². The van der Waals surface area contributed by atoms with E-state index in [4.69, 9.17) is 51.1 Å². The number of thioether (sulfide) groups is 1. The molecule has 0 N–H and O–H groups in total. The summed E-state index contributed by atoms with van der Waals surface area (Å²) in [5, 5.41) is -0.733. The highest BCUT2D eigenvalue weighted by atomic mass is 35.5. The van der Waals surface area contributed by atoms with Gasteiger partial charge in [0.2, 0.25) is 0 Å². The molecule has 22 heavy (non-hydrogen) atoms. The smallest absolute Gasteiger partial charge is 0.185 e. The summed E-state index contributed by atoms with van der Waals surface area (Å²) in [7, 11) is 0. The van der Waals surface area contributed by atoms with Crippen LogP contribution < -0.4 is 0 Å². The van der Waals surface area contributed by atoms with Crippen molar-refractivity contribution in [1.82, 2.24) is 0 Å². The van der Waals surface area contributed by atoms with Crippen LogP contribution >= 0.6 is 58.2 Å². The highest BCUT2D eigenvalue weighted by molar-refractivity contribution is 8.00. The predicted octanol–water partition coefficient (Wildman–Crippen LogP) is 5.63. The Balaban J connectivity index is 1.50. The van der Waals surface area contributed by atoms with Gasteiger partial charge < -0.3 is 4.74 Å². The van der Waals surface area contributed by atoms with E-state index in [2.05, 4.69) is 24.3 Å². The van der Waals surface area contributed by atoms with Gasteiger partial charge in [-0.15, -0.1) is 11.8 Å². The normalized spacial score (nSPS) is 51.2. The standard InChI is InChI=1S/C16H12Cl4OS/c17-13-14(18)16(20)11-9-6-8(10(11)15(13,19)21-16)12(9)22-7-4-2-1-3-5-7/h1-5,8-12H,6H2/t8-,9+,10+,11-,12?,15+,16-. The Morgan fingerprint density at radius 3 is 2.05 bits per heavy atom. The van der Waals surface area contributed by atoms with Gasteiger partial charge in [-0.05, 0) is 30.4 Å². The topological polar surface area (TPSA) is 9.23 Å². The number of rotatable bonds is 2. The van der Waals surface area contributed by atoms with Crippen molar-refractivity contribution >= 4 is 58.2 Å². The zero-order valence-electron chi connectivity index (χ0n) is 11.3. The van der Waals surface area contributed by atoms with Gasteiger partial charge in [-0.25, -0.2) is 0 Å². The Labute approximate surface area is 153 Å². The summed E-state index contributed by atoms with van der Waals surface area (Å²) in [5.41, 5.74) is 0. The van der Waals surface area contributed by atoms with Gasteiger partial charge in [0.25, 0.3) is 0 Å². The van der Waals surface area contributed by atoms with Crippen LogP contribution in [0.15, 0.2) is 45.3 Å². The highest BCUT2D eigenvalue weighted by Crippen LogP contribution is 2.78. The number of hydrogen-bond acceptors (Lipinski definition) is 2. The van der Waals surface area contributed by atoms with Crippen LogP contribution in [0.5, 0.6) is 0 Å². The van der Waals surface area contributed by atoms with Crippen LogP contribution in [-0.4, -0.2) is 15.4 Å². The van der Waals surface area contributed by atoms with Gasteiger partial charge in [-0.2, -0.15) is 0 Å². The maximum absolute atomic E-state index is 6.73. The lowest BCUT2D eigenvalue weighted by molar-refractivity contribution is 0.00982. The first-order valence-electron chi connectivity index (χ1n) is 7.33. The molecule has 2 aliphatic heterocycles. The fourth-order valence-corrected chi connectivity index (χ4v) is 8.13. The van der Waals surface area contributed by atoms with Gasteiger partial charge in [-0.3, -0.25) is 0 Å². The maximum Gasteiger partial charge on any atom is 0.185 e. The number of fused-ring (bicyclic) bond motifs is 9. The van der Waals surface area contributed by atoms with Crippen molar-refractivity contribution in [2.24, 2.45) is 23.7 Å². The Morgan fingerprint density at radius 2 is 1.50 bits per heavy atom. The highest BCUT2D eigenvalue weighted by Gasteiger charge is 2.80. The number of halogens is 4. The maximum atomic E-state index is 6.73. The van der Waals surface area contributed by atoms with E-state index in [0.29, 0.717) is 27.2 Å². The van der Waals surface area contributed by atoms with E-state index in [0.717, 1.165) is 6.42 Å². The van der Waals surface area contributed by atoms with Crippen LogP contribution in [-0.2, 0) is 4.74 Å². The molecule has 0 aromatic heterocycles. The lowest BCUT2D eigenvalue weighted by Crippen LogP contribution is -2.40. The predicted molar refractivity (Wildman–Crippen MR) is 91.6 cm³/mol. The minimum atomic E-state index is -1.02. The number of benzene rings is 1. The zero-order chi connectivity index (χ0) is 15.3. The summed E-state index contributed by atoms with van der Waals surface area (Å²) in [4.78, 5) is 1.29. The average molecular weight is 394 g/mol. The monoisotopic (exact) mass is 392 g/mol. The molecule has 1 unspecified atom stereocenters. The van der Waals surface area contributed by atoms with Gasteiger partial charge in [0, 0.05) is 22.0 Å². The second kappa shape index (κ2) is 4.53. The molecule has 1 aromatic rings. The van der Waals surface area contributed by atoms with Crippen LogP contribution in [0.1, 0.15) is 6.42 Å². The first-order chi connectivity index (χ1) is 10.5. The summed E-state index contributed by atoms with van der Waals surface area (Å²) in [5.74, 6) is 1.29. The molecule has 3 fully saturated rings. The van der Waals surface area contributed by atoms with Crippen LogP contribution in [0.4, 0.5) is 0 Å². The fraction of sp³-hybridized carbons (Fsp3) is 0.500. The minimum Gasteiger partial charge on any atom is -0.327 e. The van der Waals surface area contributed by atoms with Crippen molar-refractivity contribution in [2.75, 3.05) is 0 Å². The molecule has 0 radical (unpaired) electrons. The molecule has 2 heterocycles. The summed E-state index contributed by atoms with van der Waals surface area (Å²) in [6, 6.07) is 10.5. The van der Waals surface area contributed by atoms with Crippen LogP contribution in [0.2, 0.25) is 0 Å². The third kappa shape index (κ3) is 1.55. The van der Waals surface area contributed by atoms with Crippen LogP contribution in [0.25, 0.3) is 0 Å². The van der Waals surface area contributed by atoms with E-state index in [-0.39, 0.29) is 11.8 Å². The third-order valence-electron chi connectivity index (χ3n) is 5.66. The van der Waals surface area contributed by atoms with Crippen molar-refractivity contribution in [3.63, 3.8) is 0 Å². The third-order valence-corrected chi connectivity index (χ3v) is 9.44. The SMILES string of the molecule is ClC1=C(Cl)[C@@]2(Cl)O[C@]1(Cl)[C@H]1[C@@H]2[C@H]2C[C@@H]1C2Sc1ccccc1. The second-order valence-electron chi connectivity index (χ2n) is 6.53. The fourth-order valence-electron chi connectivity index (χ4n) is 4.82. The molecule has 1 saturated heterocycles. The molecule has 5 rings (SSSR count). The first kappa shape index (κ1) is 14.7. The minimum absolute atomic E-state index is 0.160. The van der Waals surface area contributed by atoms with Crippen molar-refractivity contribution < 1.29 is 4.74 Å². The number of ether oxygens (including phenoxy) is 1. The summed E-state index contributed by atoms with van der Waals surface area (Å²) in [6.07, 6.45) is 1.14. The molecule has 116 valence electrons. The quantitative estimate of drug-likeness (QED) is 0.602. The Morgan fingerprint density at radius 1 is 0.955 bits per heavy atom. The summed E-state index contributed by atoms with van der Waals surface area (Å²) >= 11 is 28.1. The molecular weight excluding hydrogens is 382 g/mol. The molecule has 4 aliphatic rings. The molecule has 2 saturated carbocycles. The van der Waals surface area contributed by atoms with E-state index < -0.39 is 10.1 Å². The molecule has 2 aliphatic carbocycles. The molecule has 1 nitrogen and oxygen atoms in total. The molecule has 4 bridgehead atoms. The lowest BCUT2D eigenvalue weighted by Gasteiger charge is -2.40. The second-order valence-corrected chi connectivity index (χ2v) is 9.66. The Kier molecular flexibility index (Phi) is 3.04.